The van der Waals surface area contributed by atoms with Gasteiger partial charge in [-0.15, -0.1) is 11.3 Å². The standard InChI is InChI=1S/C17H24N2S/c1-13-18-12-16(20-13)10-15(11-19-17(2,3)4)14-8-6-5-7-9-14/h5-9,12,15,19H,10-11H2,1-4H3. The van der Waals surface area contributed by atoms with Crippen molar-refractivity contribution in [3.8, 4) is 0 Å². The lowest BCUT2D eigenvalue weighted by molar-refractivity contribution is 0.405. The van der Waals surface area contributed by atoms with Gasteiger partial charge in [0.25, 0.3) is 0 Å². The van der Waals surface area contributed by atoms with Gasteiger partial charge < -0.3 is 5.32 Å². The van der Waals surface area contributed by atoms with Crippen LogP contribution in [0.4, 0.5) is 0 Å². The zero-order chi connectivity index (χ0) is 14.6. The van der Waals surface area contributed by atoms with Crippen molar-refractivity contribution in [2.24, 2.45) is 0 Å². The highest BCUT2D eigenvalue weighted by molar-refractivity contribution is 7.11. The highest BCUT2D eigenvalue weighted by atomic mass is 32.1. The Labute approximate surface area is 126 Å². The van der Waals surface area contributed by atoms with Crippen molar-refractivity contribution in [3.05, 3.63) is 52.0 Å². The van der Waals surface area contributed by atoms with Crippen molar-refractivity contribution in [3.63, 3.8) is 0 Å². The lowest BCUT2D eigenvalue weighted by Crippen LogP contribution is -2.38. The summed E-state index contributed by atoms with van der Waals surface area (Å²) in [5.74, 6) is 0.496. The summed E-state index contributed by atoms with van der Waals surface area (Å²) in [6.45, 7) is 9.70. The van der Waals surface area contributed by atoms with Crippen LogP contribution in [-0.4, -0.2) is 17.1 Å². The van der Waals surface area contributed by atoms with Crippen molar-refractivity contribution in [2.75, 3.05) is 6.54 Å². The summed E-state index contributed by atoms with van der Waals surface area (Å²) in [4.78, 5) is 5.74. The molecule has 0 spiro atoms. The maximum Gasteiger partial charge on any atom is 0.0896 e. The second-order valence-electron chi connectivity index (χ2n) is 6.29. The maximum atomic E-state index is 4.37. The number of benzene rings is 1. The number of nitrogens with one attached hydrogen (secondary N) is 1. The Morgan fingerprint density at radius 2 is 1.90 bits per heavy atom. The normalized spacial score (nSPS) is 13.4. The van der Waals surface area contributed by atoms with Gasteiger partial charge in [0.1, 0.15) is 0 Å². The molecule has 0 saturated heterocycles. The number of thiazole rings is 1. The highest BCUT2D eigenvalue weighted by Gasteiger charge is 2.17. The van der Waals surface area contributed by atoms with E-state index in [1.165, 1.54) is 10.4 Å². The molecule has 0 aliphatic rings. The topological polar surface area (TPSA) is 24.9 Å². The molecule has 108 valence electrons. The Balaban J connectivity index is 2.11. The maximum absolute atomic E-state index is 4.37. The minimum Gasteiger partial charge on any atom is -0.311 e. The van der Waals surface area contributed by atoms with Crippen molar-refractivity contribution in [1.29, 1.82) is 0 Å². The highest BCUT2D eigenvalue weighted by Crippen LogP contribution is 2.24. The van der Waals surface area contributed by atoms with Crippen LogP contribution >= 0.6 is 11.3 Å². The van der Waals surface area contributed by atoms with Crippen LogP contribution in [0.1, 0.15) is 42.1 Å². The molecule has 3 heteroatoms. The van der Waals surface area contributed by atoms with Crippen LogP contribution in [0, 0.1) is 6.92 Å². The van der Waals surface area contributed by atoms with Gasteiger partial charge in [-0.2, -0.15) is 0 Å². The molecule has 1 heterocycles. The summed E-state index contributed by atoms with van der Waals surface area (Å²) in [5, 5.41) is 4.78. The van der Waals surface area contributed by atoms with Crippen LogP contribution in [0.2, 0.25) is 0 Å². The Morgan fingerprint density at radius 1 is 1.20 bits per heavy atom. The van der Waals surface area contributed by atoms with E-state index in [4.69, 9.17) is 0 Å². The van der Waals surface area contributed by atoms with Crippen LogP contribution in [0.3, 0.4) is 0 Å². The lowest BCUT2D eigenvalue weighted by Gasteiger charge is -2.25. The zero-order valence-corrected chi connectivity index (χ0v) is 13.6. The van der Waals surface area contributed by atoms with E-state index >= 15 is 0 Å². The van der Waals surface area contributed by atoms with Crippen molar-refractivity contribution in [2.45, 2.75) is 45.6 Å². The third-order valence-electron chi connectivity index (χ3n) is 3.27. The third-order valence-corrected chi connectivity index (χ3v) is 4.20. The van der Waals surface area contributed by atoms with Crippen molar-refractivity contribution < 1.29 is 0 Å². The first-order chi connectivity index (χ1) is 9.44. The van der Waals surface area contributed by atoms with E-state index in [0.29, 0.717) is 5.92 Å². The van der Waals surface area contributed by atoms with Gasteiger partial charge in [-0.05, 0) is 39.7 Å². The minimum absolute atomic E-state index is 0.149. The van der Waals surface area contributed by atoms with Crippen LogP contribution in [-0.2, 0) is 6.42 Å². The molecule has 1 N–H and O–H groups in total. The molecule has 0 bridgehead atoms. The van der Waals surface area contributed by atoms with Crippen molar-refractivity contribution >= 4 is 11.3 Å². The number of rotatable bonds is 5. The largest absolute Gasteiger partial charge is 0.311 e. The number of hydrogen-bond acceptors (Lipinski definition) is 3. The number of hydrogen-bond donors (Lipinski definition) is 1. The Kier molecular flexibility index (Phi) is 4.95. The van der Waals surface area contributed by atoms with Gasteiger partial charge in [0.2, 0.25) is 0 Å². The first-order valence-corrected chi connectivity index (χ1v) is 7.97. The number of aryl methyl sites for hydroxylation is 1. The molecule has 20 heavy (non-hydrogen) atoms. The quantitative estimate of drug-likeness (QED) is 0.893. The fourth-order valence-electron chi connectivity index (χ4n) is 2.21. The molecule has 0 fully saturated rings. The average Bonchev–Trinajstić information content (AvgIpc) is 2.80. The lowest BCUT2D eigenvalue weighted by atomic mass is 9.94. The number of nitrogens with zero attached hydrogens (tertiary/aromatic N) is 1. The molecule has 2 nitrogen and oxygen atoms in total. The van der Waals surface area contributed by atoms with Crippen LogP contribution < -0.4 is 5.32 Å². The fraction of sp³-hybridized carbons (Fsp3) is 0.471. The van der Waals surface area contributed by atoms with Crippen LogP contribution in [0.5, 0.6) is 0 Å². The summed E-state index contributed by atoms with van der Waals surface area (Å²) in [6, 6.07) is 10.8. The predicted octanol–water partition coefficient (Wildman–Crippen LogP) is 4.17. The van der Waals surface area contributed by atoms with E-state index in [0.717, 1.165) is 18.0 Å². The second-order valence-corrected chi connectivity index (χ2v) is 7.61. The van der Waals surface area contributed by atoms with Crippen molar-refractivity contribution in [1.82, 2.24) is 10.3 Å². The first kappa shape index (κ1) is 15.2. The molecule has 1 aromatic carbocycles. The summed E-state index contributed by atoms with van der Waals surface area (Å²) < 4.78 is 0. The van der Waals surface area contributed by atoms with Gasteiger partial charge in [0.05, 0.1) is 5.01 Å². The summed E-state index contributed by atoms with van der Waals surface area (Å²) in [5.41, 5.74) is 1.55. The van der Waals surface area contributed by atoms with Gasteiger partial charge in [-0.25, -0.2) is 4.98 Å². The van der Waals surface area contributed by atoms with E-state index in [9.17, 15) is 0 Å². The Morgan fingerprint density at radius 3 is 2.45 bits per heavy atom. The molecular formula is C17H24N2S. The monoisotopic (exact) mass is 288 g/mol. The van der Waals surface area contributed by atoms with Gasteiger partial charge in [-0.1, -0.05) is 30.3 Å². The molecule has 0 aliphatic heterocycles. The fourth-order valence-corrected chi connectivity index (χ4v) is 3.08. The SMILES string of the molecule is Cc1ncc(CC(CNC(C)(C)C)c2ccccc2)s1. The van der Waals surface area contributed by atoms with Gasteiger partial charge in [0, 0.05) is 29.1 Å². The molecule has 0 aliphatic carbocycles. The second kappa shape index (κ2) is 6.51. The van der Waals surface area contributed by atoms with Gasteiger partial charge in [-0.3, -0.25) is 0 Å². The Bertz CT molecular complexity index is 525. The van der Waals surface area contributed by atoms with E-state index in [1.54, 1.807) is 11.3 Å². The van der Waals surface area contributed by atoms with E-state index in [-0.39, 0.29) is 5.54 Å². The molecule has 2 aromatic rings. The summed E-state index contributed by atoms with van der Waals surface area (Å²) in [7, 11) is 0. The molecule has 1 atom stereocenters. The molecule has 1 unspecified atom stereocenters. The third kappa shape index (κ3) is 4.73. The smallest absolute Gasteiger partial charge is 0.0896 e. The molecule has 0 radical (unpaired) electrons. The van der Waals surface area contributed by atoms with E-state index < -0.39 is 0 Å². The average molecular weight is 288 g/mol. The minimum atomic E-state index is 0.149. The zero-order valence-electron chi connectivity index (χ0n) is 12.8. The summed E-state index contributed by atoms with van der Waals surface area (Å²) >= 11 is 1.81. The van der Waals surface area contributed by atoms with E-state index in [2.05, 4.69) is 68.3 Å². The number of aromatic nitrogens is 1. The molecule has 0 amide bonds. The molecular weight excluding hydrogens is 264 g/mol. The van der Waals surface area contributed by atoms with Crippen LogP contribution in [0.15, 0.2) is 36.5 Å². The molecule has 0 saturated carbocycles. The Hall–Kier alpha value is -1.19. The molecule has 2 rings (SSSR count). The van der Waals surface area contributed by atoms with Gasteiger partial charge >= 0.3 is 0 Å². The van der Waals surface area contributed by atoms with Crippen LogP contribution in [0.25, 0.3) is 0 Å². The molecule has 1 aromatic heterocycles. The van der Waals surface area contributed by atoms with E-state index in [1.807, 2.05) is 6.20 Å². The first-order valence-electron chi connectivity index (χ1n) is 7.15. The summed E-state index contributed by atoms with van der Waals surface area (Å²) in [6.07, 6.45) is 3.08. The van der Waals surface area contributed by atoms with Gasteiger partial charge in [0.15, 0.2) is 0 Å². The predicted molar refractivity (Wildman–Crippen MR) is 87.5 cm³/mol.